The van der Waals surface area contributed by atoms with Crippen LogP contribution in [0.5, 0.6) is 5.75 Å². The van der Waals surface area contributed by atoms with Gasteiger partial charge in [0.1, 0.15) is 18.2 Å². The van der Waals surface area contributed by atoms with Crippen LogP contribution in [0.2, 0.25) is 0 Å². The number of nitrogens with one attached hydrogen (secondary N) is 2. The Morgan fingerprint density at radius 3 is 2.75 bits per heavy atom. The van der Waals surface area contributed by atoms with Crippen LogP contribution in [0.4, 0.5) is 4.39 Å². The van der Waals surface area contributed by atoms with Crippen molar-refractivity contribution in [3.8, 4) is 5.75 Å². The lowest BCUT2D eigenvalue weighted by molar-refractivity contribution is 0.0945. The van der Waals surface area contributed by atoms with Crippen LogP contribution in [-0.2, 0) is 0 Å². The molecule has 0 bridgehead atoms. The lowest BCUT2D eigenvalue weighted by Crippen LogP contribution is -2.26. The second-order valence-corrected chi connectivity index (χ2v) is 6.68. The molecule has 1 aliphatic rings. The van der Waals surface area contributed by atoms with Gasteiger partial charge in [-0.15, -0.1) is 0 Å². The summed E-state index contributed by atoms with van der Waals surface area (Å²) in [7, 11) is 0. The summed E-state index contributed by atoms with van der Waals surface area (Å²) in [5.41, 5.74) is 2.53. The van der Waals surface area contributed by atoms with Gasteiger partial charge in [-0.25, -0.2) is 4.39 Å². The number of aliphatic hydroxyl groups is 1. The summed E-state index contributed by atoms with van der Waals surface area (Å²) in [4.78, 5) is 12.6. The topological polar surface area (TPSA) is 87.2 Å². The number of amides is 1. The van der Waals surface area contributed by atoms with Crippen LogP contribution in [0.1, 0.15) is 34.5 Å². The van der Waals surface area contributed by atoms with E-state index in [1.807, 2.05) is 6.08 Å². The third kappa shape index (κ3) is 3.89. The molecule has 0 radical (unpaired) electrons. The van der Waals surface area contributed by atoms with Gasteiger partial charge in [0.25, 0.3) is 5.91 Å². The molecule has 1 amide bonds. The van der Waals surface area contributed by atoms with Gasteiger partial charge in [0, 0.05) is 6.04 Å². The SMILES string of the molecule is O=C(NC1CC1)c1ccc2[nH]nc(/C=C/c3ccc(F)cc3)c2c1OCCO. The van der Waals surface area contributed by atoms with Crippen molar-refractivity contribution in [2.24, 2.45) is 0 Å². The summed E-state index contributed by atoms with van der Waals surface area (Å²) < 4.78 is 18.8. The first kappa shape index (κ1) is 18.2. The molecule has 28 heavy (non-hydrogen) atoms. The Balaban J connectivity index is 1.73. The van der Waals surface area contributed by atoms with Crippen molar-refractivity contribution in [3.05, 3.63) is 59.0 Å². The quantitative estimate of drug-likeness (QED) is 0.587. The number of rotatable bonds is 7. The van der Waals surface area contributed by atoms with Crippen molar-refractivity contribution in [1.29, 1.82) is 0 Å². The second kappa shape index (κ2) is 7.82. The fraction of sp³-hybridized carbons (Fsp3) is 0.238. The maximum atomic E-state index is 13.1. The molecule has 0 spiro atoms. The Hall–Kier alpha value is -3.19. The molecule has 0 aliphatic heterocycles. The first-order valence-electron chi connectivity index (χ1n) is 9.15. The highest BCUT2D eigenvalue weighted by atomic mass is 19.1. The number of hydrogen-bond acceptors (Lipinski definition) is 4. The normalized spacial score (nSPS) is 13.9. The monoisotopic (exact) mass is 381 g/mol. The molecule has 0 unspecified atom stereocenters. The molecule has 0 saturated heterocycles. The third-order valence-corrected chi connectivity index (χ3v) is 4.51. The van der Waals surface area contributed by atoms with Gasteiger partial charge in [-0.3, -0.25) is 9.89 Å². The summed E-state index contributed by atoms with van der Waals surface area (Å²) >= 11 is 0. The number of H-pyrrole nitrogens is 1. The van der Waals surface area contributed by atoms with Gasteiger partial charge >= 0.3 is 0 Å². The van der Waals surface area contributed by atoms with E-state index in [4.69, 9.17) is 4.74 Å². The average Bonchev–Trinajstić information content (AvgIpc) is 3.42. The third-order valence-electron chi connectivity index (χ3n) is 4.51. The van der Waals surface area contributed by atoms with Crippen molar-refractivity contribution >= 4 is 29.0 Å². The minimum Gasteiger partial charge on any atom is -0.490 e. The Morgan fingerprint density at radius 1 is 1.25 bits per heavy atom. The first-order valence-corrected chi connectivity index (χ1v) is 9.15. The van der Waals surface area contributed by atoms with E-state index in [-0.39, 0.29) is 31.0 Å². The second-order valence-electron chi connectivity index (χ2n) is 6.68. The van der Waals surface area contributed by atoms with Crippen LogP contribution in [0, 0.1) is 5.82 Å². The maximum Gasteiger partial charge on any atom is 0.255 e. The molecule has 2 aromatic carbocycles. The number of carbonyl (C=O) groups is 1. The number of carbonyl (C=O) groups excluding carboxylic acids is 1. The summed E-state index contributed by atoms with van der Waals surface area (Å²) in [6.07, 6.45) is 5.55. The van der Waals surface area contributed by atoms with E-state index in [2.05, 4.69) is 15.5 Å². The largest absolute Gasteiger partial charge is 0.490 e. The Bertz CT molecular complexity index is 1020. The molecule has 144 valence electrons. The standard InChI is InChI=1S/C21H20FN3O3/c22-14-4-1-13(2-5-14)3-9-17-19-18(25-24-17)10-8-16(20(19)28-12-11-26)21(27)23-15-6-7-15/h1-5,8-10,15,26H,6-7,11-12H2,(H,23,27)(H,24,25)/b9-3+. The molecule has 3 N–H and O–H groups in total. The maximum absolute atomic E-state index is 13.1. The van der Waals surface area contributed by atoms with Crippen LogP contribution in [0.3, 0.4) is 0 Å². The van der Waals surface area contributed by atoms with Crippen LogP contribution >= 0.6 is 0 Å². The summed E-state index contributed by atoms with van der Waals surface area (Å²) in [5, 5.41) is 20.1. The number of benzene rings is 2. The number of aliphatic hydroxyl groups excluding tert-OH is 1. The number of fused-ring (bicyclic) bond motifs is 1. The average molecular weight is 381 g/mol. The summed E-state index contributed by atoms with van der Waals surface area (Å²) in [6, 6.07) is 9.80. The smallest absolute Gasteiger partial charge is 0.255 e. The zero-order valence-electron chi connectivity index (χ0n) is 15.1. The Kier molecular flexibility index (Phi) is 5.08. The number of hydrogen-bond donors (Lipinski definition) is 3. The fourth-order valence-corrected chi connectivity index (χ4v) is 2.94. The van der Waals surface area contributed by atoms with Gasteiger partial charge in [0.15, 0.2) is 0 Å². The summed E-state index contributed by atoms with van der Waals surface area (Å²) in [6.45, 7) is -0.103. The molecule has 3 aromatic rings. The van der Waals surface area contributed by atoms with E-state index in [1.54, 1.807) is 30.3 Å². The number of aromatic amines is 1. The zero-order chi connectivity index (χ0) is 19.5. The molecule has 1 aromatic heterocycles. The molecular weight excluding hydrogens is 361 g/mol. The molecule has 0 atom stereocenters. The molecule has 1 fully saturated rings. The lowest BCUT2D eigenvalue weighted by atomic mass is 10.1. The zero-order valence-corrected chi connectivity index (χ0v) is 15.1. The molecule has 1 heterocycles. The molecular formula is C21H20FN3O3. The number of halogens is 1. The van der Waals surface area contributed by atoms with E-state index in [0.717, 1.165) is 23.9 Å². The molecule has 7 heteroatoms. The predicted octanol–water partition coefficient (Wildman–Crippen LogP) is 3.14. The molecule has 4 rings (SSSR count). The van der Waals surface area contributed by atoms with Crippen LogP contribution in [0.15, 0.2) is 36.4 Å². The van der Waals surface area contributed by atoms with Crippen LogP contribution < -0.4 is 10.1 Å². The molecule has 1 aliphatic carbocycles. The van der Waals surface area contributed by atoms with Gasteiger partial charge in [-0.1, -0.05) is 18.2 Å². The van der Waals surface area contributed by atoms with E-state index in [9.17, 15) is 14.3 Å². The van der Waals surface area contributed by atoms with E-state index in [0.29, 0.717) is 22.4 Å². The van der Waals surface area contributed by atoms with Crippen LogP contribution in [-0.4, -0.2) is 40.5 Å². The predicted molar refractivity (Wildman–Crippen MR) is 104 cm³/mol. The fourth-order valence-electron chi connectivity index (χ4n) is 2.94. The lowest BCUT2D eigenvalue weighted by Gasteiger charge is -2.12. The molecule has 6 nitrogen and oxygen atoms in total. The van der Waals surface area contributed by atoms with Crippen molar-refractivity contribution in [2.45, 2.75) is 18.9 Å². The first-order chi connectivity index (χ1) is 13.7. The van der Waals surface area contributed by atoms with E-state index < -0.39 is 0 Å². The highest BCUT2D eigenvalue weighted by Crippen LogP contribution is 2.33. The van der Waals surface area contributed by atoms with Crippen LogP contribution in [0.25, 0.3) is 23.1 Å². The molecule has 1 saturated carbocycles. The number of ether oxygens (including phenoxy) is 1. The van der Waals surface area contributed by atoms with Crippen molar-refractivity contribution < 1.29 is 19.0 Å². The van der Waals surface area contributed by atoms with Gasteiger partial charge in [-0.2, -0.15) is 5.10 Å². The number of nitrogens with zero attached hydrogens (tertiary/aromatic N) is 1. The van der Waals surface area contributed by atoms with Crippen molar-refractivity contribution in [3.63, 3.8) is 0 Å². The van der Waals surface area contributed by atoms with E-state index >= 15 is 0 Å². The van der Waals surface area contributed by atoms with Gasteiger partial charge in [0.2, 0.25) is 0 Å². The van der Waals surface area contributed by atoms with Gasteiger partial charge < -0.3 is 15.2 Å². The minimum atomic E-state index is -0.298. The van der Waals surface area contributed by atoms with Gasteiger partial charge in [0.05, 0.1) is 28.8 Å². The van der Waals surface area contributed by atoms with Crippen molar-refractivity contribution in [2.75, 3.05) is 13.2 Å². The van der Waals surface area contributed by atoms with Gasteiger partial charge in [-0.05, 0) is 48.7 Å². The Labute approximate surface area is 161 Å². The van der Waals surface area contributed by atoms with E-state index in [1.165, 1.54) is 12.1 Å². The highest BCUT2D eigenvalue weighted by molar-refractivity contribution is 6.05. The highest BCUT2D eigenvalue weighted by Gasteiger charge is 2.26. The van der Waals surface area contributed by atoms with Crippen molar-refractivity contribution in [1.82, 2.24) is 15.5 Å². The number of aromatic nitrogens is 2. The minimum absolute atomic E-state index is 0.0646. The Morgan fingerprint density at radius 2 is 2.04 bits per heavy atom. The summed E-state index contributed by atoms with van der Waals surface area (Å²) in [5.74, 6) is -0.113.